The van der Waals surface area contributed by atoms with Gasteiger partial charge in [0.25, 0.3) is 5.91 Å². The number of aromatic nitrogens is 2. The van der Waals surface area contributed by atoms with E-state index in [0.717, 1.165) is 4.31 Å². The van der Waals surface area contributed by atoms with E-state index in [4.69, 9.17) is 4.42 Å². The van der Waals surface area contributed by atoms with Crippen LogP contribution in [-0.4, -0.2) is 41.2 Å². The van der Waals surface area contributed by atoms with E-state index in [2.05, 4.69) is 14.8 Å². The molecule has 0 saturated heterocycles. The summed E-state index contributed by atoms with van der Waals surface area (Å²) < 4.78 is 35.7. The molecular weight excluding hydrogens is 346 g/mol. The number of carbonyl (C=O) groups excluding carboxylic acids is 1. The molecule has 2 aromatic rings. The molecule has 3 rings (SSSR count). The maximum Gasteiger partial charge on any atom is 0.345 e. The lowest BCUT2D eigenvalue weighted by atomic mass is 10.2. The summed E-state index contributed by atoms with van der Waals surface area (Å²) in [5, 5.41) is 6.77. The number of nitrogens with zero attached hydrogens (tertiary/aromatic N) is 4. The van der Waals surface area contributed by atoms with Gasteiger partial charge in [-0.05, 0) is 32.1 Å². The van der Waals surface area contributed by atoms with E-state index in [1.165, 1.54) is 25.6 Å². The third-order valence-electron chi connectivity index (χ3n) is 3.57. The molecule has 0 radical (unpaired) electrons. The first-order valence-electron chi connectivity index (χ1n) is 7.48. The highest BCUT2D eigenvalue weighted by Gasteiger charge is 2.30. The summed E-state index contributed by atoms with van der Waals surface area (Å²) in [6, 6.07) is 3.31. The fraction of sp³-hybridized carbons (Fsp3) is 0.267. The molecule has 0 aromatic carbocycles. The molecule has 0 aliphatic carbocycles. The average molecular weight is 363 g/mol. The van der Waals surface area contributed by atoms with Crippen LogP contribution in [0.4, 0.5) is 5.69 Å². The normalized spacial score (nSPS) is 16.6. The van der Waals surface area contributed by atoms with Gasteiger partial charge in [0.2, 0.25) is 0 Å². The van der Waals surface area contributed by atoms with Crippen LogP contribution in [0.5, 0.6) is 0 Å². The molecule has 9 nitrogen and oxygen atoms in total. The lowest BCUT2D eigenvalue weighted by molar-refractivity contribution is -0.113. The van der Waals surface area contributed by atoms with E-state index < -0.39 is 16.1 Å². The average Bonchev–Trinajstić information content (AvgIpc) is 3.20. The van der Waals surface area contributed by atoms with E-state index in [1.807, 2.05) is 13.8 Å². The monoisotopic (exact) mass is 363 g/mol. The number of rotatable bonds is 4. The van der Waals surface area contributed by atoms with Crippen LogP contribution in [0.25, 0.3) is 0 Å². The Kier molecular flexibility index (Phi) is 4.21. The third-order valence-corrected chi connectivity index (χ3v) is 4.88. The molecule has 1 N–H and O–H groups in total. The van der Waals surface area contributed by atoms with Gasteiger partial charge in [0, 0.05) is 19.3 Å². The molecular formula is C15H17N5O4S. The zero-order valence-electron chi connectivity index (χ0n) is 13.9. The Morgan fingerprint density at radius 1 is 1.36 bits per heavy atom. The van der Waals surface area contributed by atoms with Gasteiger partial charge in [-0.15, -0.1) is 4.40 Å². The summed E-state index contributed by atoms with van der Waals surface area (Å²) in [6.07, 6.45) is 5.93. The van der Waals surface area contributed by atoms with Crippen molar-refractivity contribution < 1.29 is 17.6 Å². The molecule has 0 atom stereocenters. The van der Waals surface area contributed by atoms with Crippen LogP contribution < -0.4 is 5.32 Å². The van der Waals surface area contributed by atoms with Gasteiger partial charge in [0.15, 0.2) is 5.76 Å². The number of carbonyl (C=O) groups is 1. The molecule has 0 saturated carbocycles. The predicted octanol–water partition coefficient (Wildman–Crippen LogP) is 1.56. The number of nitrogens with one attached hydrogen (secondary N) is 1. The molecule has 10 heteroatoms. The number of hydrogen-bond donors (Lipinski definition) is 1. The summed E-state index contributed by atoms with van der Waals surface area (Å²) in [6.45, 7) is 3.91. The van der Waals surface area contributed by atoms with Crippen molar-refractivity contribution in [3.8, 4) is 0 Å². The number of furan rings is 1. The fourth-order valence-electron chi connectivity index (χ4n) is 2.19. The van der Waals surface area contributed by atoms with Gasteiger partial charge in [-0.3, -0.25) is 9.48 Å². The van der Waals surface area contributed by atoms with Crippen LogP contribution in [0.1, 0.15) is 25.6 Å². The molecule has 25 heavy (non-hydrogen) atoms. The van der Waals surface area contributed by atoms with Crippen LogP contribution in [0.2, 0.25) is 0 Å². The molecule has 2 aromatic heterocycles. The second-order valence-electron chi connectivity index (χ2n) is 5.69. The second-order valence-corrected chi connectivity index (χ2v) is 7.31. The van der Waals surface area contributed by atoms with Gasteiger partial charge in [-0.25, -0.2) is 4.31 Å². The first-order valence-corrected chi connectivity index (χ1v) is 8.87. The van der Waals surface area contributed by atoms with E-state index in [1.54, 1.807) is 23.0 Å². The number of hydrogen-bond acceptors (Lipinski definition) is 5. The molecule has 0 unspecified atom stereocenters. The Balaban J connectivity index is 1.90. The molecule has 1 aliphatic heterocycles. The van der Waals surface area contributed by atoms with Crippen LogP contribution in [0.15, 0.2) is 51.4 Å². The Morgan fingerprint density at radius 2 is 2.12 bits per heavy atom. The van der Waals surface area contributed by atoms with Crippen molar-refractivity contribution in [1.82, 2.24) is 14.1 Å². The Labute approximate surface area is 144 Å². The highest BCUT2D eigenvalue weighted by Crippen LogP contribution is 2.21. The lowest BCUT2D eigenvalue weighted by Crippen LogP contribution is -2.35. The number of amides is 1. The van der Waals surface area contributed by atoms with Gasteiger partial charge in [0.1, 0.15) is 11.4 Å². The quantitative estimate of drug-likeness (QED) is 0.886. The van der Waals surface area contributed by atoms with Crippen molar-refractivity contribution in [1.29, 1.82) is 0 Å². The lowest BCUT2D eigenvalue weighted by Gasteiger charge is -2.22. The van der Waals surface area contributed by atoms with Crippen molar-refractivity contribution in [2.75, 3.05) is 12.4 Å². The predicted molar refractivity (Wildman–Crippen MR) is 91.3 cm³/mol. The van der Waals surface area contributed by atoms with Crippen molar-refractivity contribution >= 4 is 27.5 Å². The van der Waals surface area contributed by atoms with Gasteiger partial charge >= 0.3 is 10.2 Å². The highest BCUT2D eigenvalue weighted by atomic mass is 32.2. The van der Waals surface area contributed by atoms with E-state index in [0.29, 0.717) is 5.69 Å². The van der Waals surface area contributed by atoms with E-state index in [9.17, 15) is 13.2 Å². The van der Waals surface area contributed by atoms with Gasteiger partial charge in [-0.1, -0.05) is 0 Å². The van der Waals surface area contributed by atoms with Crippen LogP contribution >= 0.6 is 0 Å². The molecule has 0 bridgehead atoms. The van der Waals surface area contributed by atoms with Crippen molar-refractivity contribution in [3.63, 3.8) is 0 Å². The van der Waals surface area contributed by atoms with E-state index >= 15 is 0 Å². The summed E-state index contributed by atoms with van der Waals surface area (Å²) >= 11 is 0. The topological polar surface area (TPSA) is 110 Å². The first kappa shape index (κ1) is 17.0. The largest absolute Gasteiger partial charge is 0.463 e. The molecule has 132 valence electrons. The van der Waals surface area contributed by atoms with Crippen molar-refractivity contribution in [2.45, 2.75) is 19.9 Å². The summed E-state index contributed by atoms with van der Waals surface area (Å²) in [5.74, 6) is -0.331. The summed E-state index contributed by atoms with van der Waals surface area (Å²) in [7, 11) is -2.76. The van der Waals surface area contributed by atoms with Gasteiger partial charge in [0.05, 0.1) is 18.1 Å². The van der Waals surface area contributed by atoms with Crippen LogP contribution in [0.3, 0.4) is 0 Å². The Hall–Kier alpha value is -2.88. The zero-order valence-corrected chi connectivity index (χ0v) is 14.7. The van der Waals surface area contributed by atoms with E-state index in [-0.39, 0.29) is 23.2 Å². The maximum absolute atomic E-state index is 12.6. The number of likely N-dealkylation sites (N-methyl/N-ethyl adjacent to an activating group) is 1. The number of allylic oxidation sites excluding steroid dienone is 1. The van der Waals surface area contributed by atoms with Crippen molar-refractivity contribution in [3.05, 3.63) is 48.3 Å². The minimum absolute atomic E-state index is 0.0612. The van der Waals surface area contributed by atoms with Crippen molar-refractivity contribution in [2.24, 2.45) is 4.40 Å². The Bertz CT molecular complexity index is 954. The first-order chi connectivity index (χ1) is 11.8. The molecule has 0 fully saturated rings. The highest BCUT2D eigenvalue weighted by molar-refractivity contribution is 7.88. The molecule has 3 heterocycles. The second kappa shape index (κ2) is 6.20. The Morgan fingerprint density at radius 3 is 2.72 bits per heavy atom. The third kappa shape index (κ3) is 3.33. The van der Waals surface area contributed by atoms with Crippen LogP contribution in [-0.2, 0) is 15.0 Å². The van der Waals surface area contributed by atoms with Gasteiger partial charge < -0.3 is 9.73 Å². The number of anilines is 1. The molecule has 1 amide bonds. The van der Waals surface area contributed by atoms with Crippen LogP contribution in [0, 0.1) is 0 Å². The zero-order chi connectivity index (χ0) is 18.2. The van der Waals surface area contributed by atoms with Gasteiger partial charge in [-0.2, -0.15) is 13.5 Å². The molecule has 0 spiro atoms. The maximum atomic E-state index is 12.6. The fourth-order valence-corrected chi connectivity index (χ4v) is 3.08. The smallest absolute Gasteiger partial charge is 0.345 e. The minimum Gasteiger partial charge on any atom is -0.463 e. The summed E-state index contributed by atoms with van der Waals surface area (Å²) in [5.41, 5.74) is 0.456. The minimum atomic E-state index is -4.02. The summed E-state index contributed by atoms with van der Waals surface area (Å²) in [4.78, 5) is 12.6. The standard InChI is InChI=1S/C15H17N5O4S/c1-10(2)20-9-11(8-16-20)17-15(21)13-7-12(14-5-4-6-24-14)18-25(22,23)19(13)3/h4-10H,1-3H3,(H,17,21). The SMILES string of the molecule is CC(C)n1cc(NC(=O)C2=CC(c3ccco3)=NS(=O)(=O)N2C)cn1. The molecule has 1 aliphatic rings.